The Kier molecular flexibility index (Phi) is 9.38. The second kappa shape index (κ2) is 12.8. The van der Waals surface area contributed by atoms with E-state index in [9.17, 15) is 19.8 Å². The summed E-state index contributed by atoms with van der Waals surface area (Å²) in [6.45, 7) is 4.58. The number of carbonyl (C=O) groups is 2. The summed E-state index contributed by atoms with van der Waals surface area (Å²) in [5.41, 5.74) is 1.84. The van der Waals surface area contributed by atoms with E-state index in [1.165, 1.54) is 11.8 Å². The molecule has 1 saturated heterocycles. The summed E-state index contributed by atoms with van der Waals surface area (Å²) in [5, 5.41) is 31.3. The highest BCUT2D eigenvalue weighted by Crippen LogP contribution is 2.43. The fourth-order valence-corrected chi connectivity index (χ4v) is 7.22. The molecule has 226 valence electrons. The standard InChI is InChI=1S/C30H39N5O5S2/c1-16(2)13-21(33-27(37)22-15-18-19(32-22)8-6-9-23(18)40-3)28(38)35-25(14-17-11-12-31-26(17)36)30(39,41)29-34-20-7-4-5-10-24(20)42-29/h4,6-10,15-17,21,25-26,29,31-32,36,39,41H,5,11-14H2,1-3H3,(H,33,37)(H,35,38)/t17-,21-,25-,26+,29?,30+/m0/s1. The first-order chi connectivity index (χ1) is 20.1. The summed E-state index contributed by atoms with van der Waals surface area (Å²) in [4.78, 5) is 34.3. The van der Waals surface area contributed by atoms with Crippen molar-refractivity contribution in [3.8, 4) is 5.75 Å². The van der Waals surface area contributed by atoms with Gasteiger partial charge in [-0.25, -0.2) is 0 Å². The number of rotatable bonds is 11. The first-order valence-corrected chi connectivity index (χ1v) is 15.6. The number of methoxy groups -OCH3 is 1. The molecule has 0 bridgehead atoms. The number of allylic oxidation sites excluding steroid dienone is 4. The largest absolute Gasteiger partial charge is 0.496 e. The predicted octanol–water partition coefficient (Wildman–Crippen LogP) is 3.10. The van der Waals surface area contributed by atoms with E-state index < -0.39 is 40.4 Å². The number of aliphatic hydroxyl groups excluding tert-OH is 1. The molecule has 6 atom stereocenters. The Bertz CT molecular complexity index is 1420. The lowest BCUT2D eigenvalue weighted by Gasteiger charge is -2.38. The smallest absolute Gasteiger partial charge is 0.268 e. The number of ether oxygens (including phenoxy) is 1. The normalized spacial score (nSPS) is 24.5. The molecule has 1 aromatic heterocycles. The van der Waals surface area contributed by atoms with Crippen molar-refractivity contribution in [2.24, 2.45) is 16.8 Å². The van der Waals surface area contributed by atoms with Gasteiger partial charge in [-0.3, -0.25) is 19.9 Å². The van der Waals surface area contributed by atoms with Crippen molar-refractivity contribution in [1.82, 2.24) is 20.9 Å². The van der Waals surface area contributed by atoms with Crippen molar-refractivity contribution in [3.05, 3.63) is 53.1 Å². The van der Waals surface area contributed by atoms with Gasteiger partial charge in [-0.05, 0) is 62.4 Å². The van der Waals surface area contributed by atoms with Gasteiger partial charge >= 0.3 is 0 Å². The van der Waals surface area contributed by atoms with Crippen LogP contribution >= 0.6 is 24.4 Å². The first-order valence-electron chi connectivity index (χ1n) is 14.3. The van der Waals surface area contributed by atoms with Gasteiger partial charge in [-0.1, -0.05) is 43.8 Å². The van der Waals surface area contributed by atoms with Crippen molar-refractivity contribution in [3.63, 3.8) is 0 Å². The lowest BCUT2D eigenvalue weighted by Crippen LogP contribution is -2.59. The number of aliphatic imine (C=N–C) groups is 1. The van der Waals surface area contributed by atoms with Gasteiger partial charge in [-0.2, -0.15) is 0 Å². The highest BCUT2D eigenvalue weighted by Gasteiger charge is 2.47. The average Bonchev–Trinajstić information content (AvgIpc) is 3.70. The molecule has 3 aliphatic rings. The van der Waals surface area contributed by atoms with E-state index in [1.54, 1.807) is 13.2 Å². The SMILES string of the molecule is COc1cccc2[nH]c(C(=O)N[C@@H](CC(C)C)C(=O)N[C@@H](C[C@@H]3CCN[C@@H]3O)[C@@](O)(S)C3N=C4C=CCC=C4S3)cc12. The van der Waals surface area contributed by atoms with Gasteiger partial charge in [0.25, 0.3) is 5.91 Å². The van der Waals surface area contributed by atoms with Crippen molar-refractivity contribution in [1.29, 1.82) is 0 Å². The molecule has 12 heteroatoms. The third-order valence-corrected chi connectivity index (χ3v) is 9.98. The number of amides is 2. The number of hydrogen-bond donors (Lipinski definition) is 7. The van der Waals surface area contributed by atoms with E-state index in [2.05, 4.69) is 27.0 Å². The summed E-state index contributed by atoms with van der Waals surface area (Å²) in [7, 11) is 1.57. The number of benzene rings is 1. The van der Waals surface area contributed by atoms with Crippen molar-refractivity contribution >= 4 is 52.8 Å². The lowest BCUT2D eigenvalue weighted by molar-refractivity contribution is -0.125. The first kappa shape index (κ1) is 30.7. The molecule has 0 spiro atoms. The number of aromatic amines is 1. The van der Waals surface area contributed by atoms with Crippen LogP contribution in [0.15, 0.2) is 52.4 Å². The summed E-state index contributed by atoms with van der Waals surface area (Å²) in [6, 6.07) is 5.47. The molecule has 5 rings (SSSR count). The topological polar surface area (TPSA) is 148 Å². The summed E-state index contributed by atoms with van der Waals surface area (Å²) >= 11 is 6.11. The molecule has 1 unspecified atom stereocenters. The Morgan fingerprint density at radius 3 is 2.81 bits per heavy atom. The zero-order valence-electron chi connectivity index (χ0n) is 24.0. The Balaban J connectivity index is 1.37. The van der Waals surface area contributed by atoms with Crippen LogP contribution in [0.3, 0.4) is 0 Å². The van der Waals surface area contributed by atoms with Crippen LogP contribution in [-0.4, -0.2) is 75.0 Å². The van der Waals surface area contributed by atoms with Gasteiger partial charge in [0.05, 0.1) is 18.9 Å². The maximum Gasteiger partial charge on any atom is 0.268 e. The van der Waals surface area contributed by atoms with Gasteiger partial charge in [0, 0.05) is 21.7 Å². The number of carbonyl (C=O) groups excluding carboxylic acids is 2. The number of hydrogen-bond acceptors (Lipinski definition) is 9. The number of fused-ring (bicyclic) bond motifs is 2. The lowest BCUT2D eigenvalue weighted by atomic mass is 9.93. The number of nitrogens with one attached hydrogen (secondary N) is 4. The Labute approximate surface area is 255 Å². The Hall–Kier alpha value is -2.77. The second-order valence-electron chi connectivity index (χ2n) is 11.5. The van der Waals surface area contributed by atoms with Gasteiger partial charge in [0.15, 0.2) is 4.93 Å². The van der Waals surface area contributed by atoms with E-state index >= 15 is 0 Å². The van der Waals surface area contributed by atoms with Crippen LogP contribution in [0.2, 0.25) is 0 Å². The number of aliphatic hydroxyl groups is 2. The van der Waals surface area contributed by atoms with E-state index in [1.807, 2.05) is 44.2 Å². The molecule has 2 amide bonds. The minimum atomic E-state index is -1.73. The van der Waals surface area contributed by atoms with Gasteiger partial charge in [0.1, 0.15) is 29.1 Å². The monoisotopic (exact) mass is 613 g/mol. The molecule has 2 aromatic rings. The van der Waals surface area contributed by atoms with Crippen LogP contribution < -0.4 is 20.7 Å². The molecule has 2 aliphatic heterocycles. The molecule has 1 fully saturated rings. The van der Waals surface area contributed by atoms with E-state index in [-0.39, 0.29) is 18.3 Å². The molecule has 3 heterocycles. The molecule has 0 saturated carbocycles. The molecular weight excluding hydrogens is 574 g/mol. The zero-order valence-corrected chi connectivity index (χ0v) is 25.7. The van der Waals surface area contributed by atoms with Crippen LogP contribution in [-0.2, 0) is 4.79 Å². The highest BCUT2D eigenvalue weighted by molar-refractivity contribution is 8.05. The summed E-state index contributed by atoms with van der Waals surface area (Å²) < 4.78 is 5.42. The highest BCUT2D eigenvalue weighted by atomic mass is 32.2. The van der Waals surface area contributed by atoms with Crippen LogP contribution in [0.4, 0.5) is 0 Å². The average molecular weight is 614 g/mol. The van der Waals surface area contributed by atoms with Crippen molar-refractivity contribution in [2.45, 2.75) is 68.1 Å². The van der Waals surface area contributed by atoms with Crippen LogP contribution in [0.25, 0.3) is 10.9 Å². The minimum Gasteiger partial charge on any atom is -0.496 e. The maximum atomic E-state index is 13.9. The molecule has 6 N–H and O–H groups in total. The number of H-pyrrole nitrogens is 1. The van der Waals surface area contributed by atoms with Gasteiger partial charge in [0.2, 0.25) is 5.91 Å². The van der Waals surface area contributed by atoms with E-state index in [4.69, 9.17) is 22.4 Å². The van der Waals surface area contributed by atoms with Crippen LogP contribution in [0, 0.1) is 11.8 Å². The van der Waals surface area contributed by atoms with Gasteiger partial charge < -0.3 is 30.6 Å². The minimum absolute atomic E-state index is 0.0942. The van der Waals surface area contributed by atoms with Gasteiger partial charge in [-0.15, -0.1) is 12.6 Å². The van der Waals surface area contributed by atoms with Crippen LogP contribution in [0.1, 0.15) is 50.0 Å². The van der Waals surface area contributed by atoms with E-state index in [0.29, 0.717) is 30.8 Å². The van der Waals surface area contributed by atoms with Crippen molar-refractivity contribution in [2.75, 3.05) is 13.7 Å². The second-order valence-corrected chi connectivity index (χ2v) is 13.3. The molecule has 10 nitrogen and oxygen atoms in total. The molecule has 42 heavy (non-hydrogen) atoms. The third kappa shape index (κ3) is 6.57. The third-order valence-electron chi connectivity index (χ3n) is 7.93. The van der Waals surface area contributed by atoms with Crippen LogP contribution in [0.5, 0.6) is 5.75 Å². The zero-order chi connectivity index (χ0) is 30.0. The number of thioether (sulfide) groups is 1. The van der Waals surface area contributed by atoms with E-state index in [0.717, 1.165) is 27.9 Å². The fourth-order valence-electron chi connectivity index (χ4n) is 5.65. The Morgan fingerprint density at radius 2 is 2.12 bits per heavy atom. The maximum absolute atomic E-state index is 13.9. The number of thiol groups is 1. The molecular formula is C30H39N5O5S2. The molecule has 0 radical (unpaired) electrons. The number of aromatic nitrogens is 1. The molecule has 1 aromatic carbocycles. The summed E-state index contributed by atoms with van der Waals surface area (Å²) in [5.74, 6) is -0.331. The quantitative estimate of drug-likeness (QED) is 0.152. The summed E-state index contributed by atoms with van der Waals surface area (Å²) in [6.07, 6.45) is 7.37. The number of nitrogens with zero attached hydrogens (tertiary/aromatic N) is 1. The van der Waals surface area contributed by atoms with Crippen molar-refractivity contribution < 1.29 is 24.5 Å². The fraction of sp³-hybridized carbons (Fsp3) is 0.500. The predicted molar refractivity (Wildman–Crippen MR) is 169 cm³/mol. The Morgan fingerprint density at radius 1 is 1.31 bits per heavy atom. The molecule has 1 aliphatic carbocycles.